The van der Waals surface area contributed by atoms with Crippen LogP contribution in [0, 0.1) is 12.0 Å². The van der Waals surface area contributed by atoms with Gasteiger partial charge in [0.25, 0.3) is 0 Å². The summed E-state index contributed by atoms with van der Waals surface area (Å²) >= 11 is 0. The van der Waals surface area contributed by atoms with Crippen molar-refractivity contribution in [3.63, 3.8) is 0 Å². The molecule has 0 nitrogen and oxygen atoms in total. The first kappa shape index (κ1) is 4.60. The third kappa shape index (κ3) is 0.683. The van der Waals surface area contributed by atoms with E-state index in [1.54, 1.807) is 5.57 Å². The Balaban J connectivity index is 2.02. The molecule has 0 aromatic rings. The second kappa shape index (κ2) is 1.61. The van der Waals surface area contributed by atoms with E-state index in [1.165, 1.54) is 32.1 Å². The Morgan fingerprint density at radius 3 is 2.75 bits per heavy atom. The SMILES string of the molecule is [C]1=C(C2CC2)CCC1. The Bertz CT molecular complexity index is 118. The molecule has 2 rings (SSSR count). The average molecular weight is 107 g/mol. The second-order valence-electron chi connectivity index (χ2n) is 2.83. The molecule has 1 saturated carbocycles. The van der Waals surface area contributed by atoms with E-state index in [4.69, 9.17) is 0 Å². The predicted molar refractivity (Wildman–Crippen MR) is 33.3 cm³/mol. The lowest BCUT2D eigenvalue weighted by Gasteiger charge is -1.91. The van der Waals surface area contributed by atoms with Crippen molar-refractivity contribution in [2.75, 3.05) is 0 Å². The molecule has 0 unspecified atom stereocenters. The van der Waals surface area contributed by atoms with Crippen LogP contribution in [-0.4, -0.2) is 0 Å². The van der Waals surface area contributed by atoms with E-state index in [1.807, 2.05) is 0 Å². The molecule has 0 N–H and O–H groups in total. The normalized spacial score (nSPS) is 28.2. The molecule has 0 saturated heterocycles. The van der Waals surface area contributed by atoms with Gasteiger partial charge in [-0.15, -0.1) is 0 Å². The Hall–Kier alpha value is -0.260. The summed E-state index contributed by atoms with van der Waals surface area (Å²) in [5.41, 5.74) is 1.66. The summed E-state index contributed by atoms with van der Waals surface area (Å²) in [6.07, 6.45) is 10.3. The molecule has 0 bridgehead atoms. The van der Waals surface area contributed by atoms with Gasteiger partial charge in [0.15, 0.2) is 0 Å². The highest BCUT2D eigenvalue weighted by molar-refractivity contribution is 5.12. The molecule has 0 aromatic carbocycles. The minimum atomic E-state index is 0.998. The maximum Gasteiger partial charge on any atom is -0.0197 e. The summed E-state index contributed by atoms with van der Waals surface area (Å²) in [6.45, 7) is 0. The van der Waals surface area contributed by atoms with Crippen LogP contribution in [0.2, 0.25) is 0 Å². The van der Waals surface area contributed by atoms with Crippen molar-refractivity contribution in [1.82, 2.24) is 0 Å². The van der Waals surface area contributed by atoms with Crippen LogP contribution >= 0.6 is 0 Å². The van der Waals surface area contributed by atoms with Crippen LogP contribution in [0.25, 0.3) is 0 Å². The van der Waals surface area contributed by atoms with Crippen LogP contribution in [0.4, 0.5) is 0 Å². The molecule has 2 aliphatic carbocycles. The maximum absolute atomic E-state index is 3.44. The quantitative estimate of drug-likeness (QED) is 0.482. The largest absolute Gasteiger partial charge is 0.0636 e. The molecule has 0 heterocycles. The molecule has 8 heavy (non-hydrogen) atoms. The third-order valence-electron chi connectivity index (χ3n) is 2.05. The van der Waals surface area contributed by atoms with Gasteiger partial charge in [-0.25, -0.2) is 0 Å². The highest BCUT2D eigenvalue weighted by Crippen LogP contribution is 2.40. The van der Waals surface area contributed by atoms with Crippen LogP contribution in [0.1, 0.15) is 32.1 Å². The average Bonchev–Trinajstić information content (AvgIpc) is 2.49. The third-order valence-corrected chi connectivity index (χ3v) is 2.05. The fourth-order valence-electron chi connectivity index (χ4n) is 1.40. The summed E-state index contributed by atoms with van der Waals surface area (Å²) in [5, 5.41) is 0. The highest BCUT2D eigenvalue weighted by Gasteiger charge is 2.26. The standard InChI is InChI=1S/C8H11/c1-2-4-7(3-1)8-5-6-8/h8H,1-3,5-6H2. The molecule has 1 fully saturated rings. The van der Waals surface area contributed by atoms with Gasteiger partial charge in [-0.05, 0) is 44.1 Å². The van der Waals surface area contributed by atoms with Crippen LogP contribution in [0.5, 0.6) is 0 Å². The molecule has 0 heteroatoms. The fraction of sp³-hybridized carbons (Fsp3) is 0.750. The Kier molecular flexibility index (Phi) is 0.927. The molecule has 1 radical (unpaired) electrons. The van der Waals surface area contributed by atoms with Gasteiger partial charge >= 0.3 is 0 Å². The van der Waals surface area contributed by atoms with E-state index in [9.17, 15) is 0 Å². The summed E-state index contributed by atoms with van der Waals surface area (Å²) in [5.74, 6) is 0.998. The van der Waals surface area contributed by atoms with Gasteiger partial charge in [-0.3, -0.25) is 0 Å². The zero-order chi connectivity index (χ0) is 5.40. The van der Waals surface area contributed by atoms with Crippen LogP contribution in [0.3, 0.4) is 0 Å². The van der Waals surface area contributed by atoms with E-state index in [2.05, 4.69) is 6.08 Å². The number of hydrogen-bond acceptors (Lipinski definition) is 0. The van der Waals surface area contributed by atoms with Crippen LogP contribution in [0.15, 0.2) is 5.57 Å². The molecule has 0 spiro atoms. The summed E-state index contributed by atoms with van der Waals surface area (Å²) < 4.78 is 0. The number of rotatable bonds is 1. The van der Waals surface area contributed by atoms with Crippen molar-refractivity contribution in [3.05, 3.63) is 11.6 Å². The maximum atomic E-state index is 3.44. The van der Waals surface area contributed by atoms with Gasteiger partial charge in [0.2, 0.25) is 0 Å². The molecule has 0 atom stereocenters. The van der Waals surface area contributed by atoms with E-state index in [0.29, 0.717) is 0 Å². The lowest BCUT2D eigenvalue weighted by Crippen LogP contribution is -1.76. The van der Waals surface area contributed by atoms with E-state index < -0.39 is 0 Å². The van der Waals surface area contributed by atoms with Gasteiger partial charge in [0.05, 0.1) is 0 Å². The zero-order valence-electron chi connectivity index (χ0n) is 5.11. The predicted octanol–water partition coefficient (Wildman–Crippen LogP) is 2.31. The Morgan fingerprint density at radius 2 is 2.25 bits per heavy atom. The van der Waals surface area contributed by atoms with E-state index in [0.717, 1.165) is 5.92 Å². The first-order valence-electron chi connectivity index (χ1n) is 3.56. The van der Waals surface area contributed by atoms with Gasteiger partial charge in [0.1, 0.15) is 0 Å². The molecular formula is C8H11. The molecular weight excluding hydrogens is 96.1 g/mol. The summed E-state index contributed by atoms with van der Waals surface area (Å²) in [6, 6.07) is 0. The van der Waals surface area contributed by atoms with Crippen molar-refractivity contribution in [2.45, 2.75) is 32.1 Å². The van der Waals surface area contributed by atoms with Gasteiger partial charge in [0, 0.05) is 0 Å². The first-order valence-corrected chi connectivity index (χ1v) is 3.56. The van der Waals surface area contributed by atoms with Gasteiger partial charge in [-0.1, -0.05) is 5.57 Å². The minimum absolute atomic E-state index is 0.998. The van der Waals surface area contributed by atoms with Crippen molar-refractivity contribution in [2.24, 2.45) is 5.92 Å². The lowest BCUT2D eigenvalue weighted by molar-refractivity contribution is 0.852. The Labute approximate surface area is 50.6 Å². The van der Waals surface area contributed by atoms with Crippen molar-refractivity contribution >= 4 is 0 Å². The fourth-order valence-corrected chi connectivity index (χ4v) is 1.40. The van der Waals surface area contributed by atoms with E-state index >= 15 is 0 Å². The summed E-state index contributed by atoms with van der Waals surface area (Å²) in [7, 11) is 0. The molecule has 2 aliphatic rings. The van der Waals surface area contributed by atoms with Crippen LogP contribution < -0.4 is 0 Å². The molecule has 0 aromatic heterocycles. The van der Waals surface area contributed by atoms with E-state index in [-0.39, 0.29) is 0 Å². The zero-order valence-corrected chi connectivity index (χ0v) is 5.11. The van der Waals surface area contributed by atoms with Crippen molar-refractivity contribution < 1.29 is 0 Å². The highest BCUT2D eigenvalue weighted by atomic mass is 14.3. The summed E-state index contributed by atoms with van der Waals surface area (Å²) in [4.78, 5) is 0. The van der Waals surface area contributed by atoms with Crippen LogP contribution in [-0.2, 0) is 0 Å². The lowest BCUT2D eigenvalue weighted by atomic mass is 10.1. The molecule has 0 amide bonds. The van der Waals surface area contributed by atoms with Crippen molar-refractivity contribution in [3.8, 4) is 0 Å². The Morgan fingerprint density at radius 1 is 1.38 bits per heavy atom. The number of hydrogen-bond donors (Lipinski definition) is 0. The molecule has 0 aliphatic heterocycles. The van der Waals surface area contributed by atoms with Crippen molar-refractivity contribution in [1.29, 1.82) is 0 Å². The number of allylic oxidation sites excluding steroid dienone is 2. The second-order valence-corrected chi connectivity index (χ2v) is 2.83. The smallest absolute Gasteiger partial charge is 0.0197 e. The minimum Gasteiger partial charge on any atom is -0.0636 e. The van der Waals surface area contributed by atoms with Gasteiger partial charge in [-0.2, -0.15) is 0 Å². The molecule has 43 valence electrons. The topological polar surface area (TPSA) is 0 Å². The first-order chi connectivity index (χ1) is 3.97. The monoisotopic (exact) mass is 107 g/mol. The van der Waals surface area contributed by atoms with Gasteiger partial charge < -0.3 is 0 Å².